The first-order valence-corrected chi connectivity index (χ1v) is 3.00. The van der Waals surface area contributed by atoms with Crippen molar-refractivity contribution in [2.24, 2.45) is 0 Å². The summed E-state index contributed by atoms with van der Waals surface area (Å²) in [5.41, 5.74) is 0. The van der Waals surface area contributed by atoms with Crippen molar-refractivity contribution in [2.75, 3.05) is 0 Å². The topological polar surface area (TPSA) is 47.6 Å². The average molecular weight is 147 g/mol. The molecule has 5 heavy (non-hydrogen) atoms. The Bertz CT molecular complexity index is 7.61. The van der Waals surface area contributed by atoms with Gasteiger partial charge in [0.1, 0.15) is 0 Å². The quantitative estimate of drug-likeness (QED) is 0.380. The normalized spacial score (nSPS) is 3.60. The summed E-state index contributed by atoms with van der Waals surface area (Å²) >= 11 is 0. The minimum Gasteiger partial charge on any atom is -0.687 e. The van der Waals surface area contributed by atoms with E-state index in [2.05, 4.69) is 0 Å². The average Bonchev–Trinajstić information content (AvgIpc) is 1.50. The fourth-order valence-electron chi connectivity index (χ4n) is 0. The Morgan fingerprint density at radius 2 is 0.800 bits per heavy atom. The molecule has 0 saturated carbocycles. The molecular weight excluding hydrogens is 139 g/mol. The zero-order chi connectivity index (χ0) is 4.00. The van der Waals surface area contributed by atoms with Gasteiger partial charge in [0.15, 0.2) is 0 Å². The van der Waals surface area contributed by atoms with Gasteiger partial charge >= 0.3 is 17.1 Å². The molecule has 2 N–H and O–H groups in total. The van der Waals surface area contributed by atoms with E-state index in [0.29, 0.717) is 20.8 Å². The molecule has 0 spiro atoms. The van der Waals surface area contributed by atoms with E-state index in [9.17, 15) is 0 Å². The molecule has 1 radical (unpaired) electrons. The smallest absolute Gasteiger partial charge is 0.687 e. The van der Waals surface area contributed by atoms with Crippen LogP contribution in [0.3, 0.4) is 0 Å². The molecule has 0 unspecified atom stereocenters. The maximum absolute atomic E-state index is 5.89. The van der Waals surface area contributed by atoms with Gasteiger partial charge in [-0.15, -0.1) is 20.8 Å². The van der Waals surface area contributed by atoms with E-state index < -0.39 is 0 Å². The SMILES string of the molecule is [Mn+2].[NH-][SiH3].[NH-][SiH3]. The molecular formula is H8MnN2Si2. The zero-order valence-electron chi connectivity index (χ0n) is 3.38. The van der Waals surface area contributed by atoms with Gasteiger partial charge in [0.25, 0.3) is 0 Å². The van der Waals surface area contributed by atoms with Crippen molar-refractivity contribution in [1.29, 1.82) is 0 Å². The van der Waals surface area contributed by atoms with Crippen molar-refractivity contribution < 1.29 is 17.1 Å². The molecule has 0 rings (SSSR count). The Kier molecular flexibility index (Phi) is 324. The van der Waals surface area contributed by atoms with Crippen LogP contribution in [0.1, 0.15) is 0 Å². The molecule has 0 aliphatic rings. The molecule has 0 aromatic rings. The summed E-state index contributed by atoms with van der Waals surface area (Å²) in [5, 5.41) is 11.8. The second kappa shape index (κ2) is 95.9. The molecule has 33 valence electrons. The summed E-state index contributed by atoms with van der Waals surface area (Å²) in [7, 11) is 1.11. The van der Waals surface area contributed by atoms with Crippen LogP contribution in [0, 0.1) is 0 Å². The van der Waals surface area contributed by atoms with Gasteiger partial charge in [-0.1, -0.05) is 0 Å². The maximum atomic E-state index is 5.89. The summed E-state index contributed by atoms with van der Waals surface area (Å²) in [6.07, 6.45) is 0. The Morgan fingerprint density at radius 3 is 0.800 bits per heavy atom. The molecule has 0 saturated heterocycles. The Labute approximate surface area is 49.2 Å². The number of rotatable bonds is 0. The molecule has 0 aromatic heterocycles. The largest absolute Gasteiger partial charge is 2.00 e. The molecule has 0 aromatic carbocycles. The van der Waals surface area contributed by atoms with Gasteiger partial charge in [-0.25, -0.2) is 0 Å². The standard InChI is InChI=1S/Mn.2H4NSi/c;2*1-2/h;2*1H,2H3/q+2;2*-1. The first-order valence-electron chi connectivity index (χ1n) is 1.00. The number of hydrogen-bond acceptors (Lipinski definition) is 0. The van der Waals surface area contributed by atoms with Crippen molar-refractivity contribution in [2.45, 2.75) is 0 Å². The first-order chi connectivity index (χ1) is 2.00. The molecule has 0 amide bonds. The van der Waals surface area contributed by atoms with Crippen LogP contribution in [-0.2, 0) is 17.1 Å². The molecule has 0 bridgehead atoms. The molecule has 2 nitrogen and oxygen atoms in total. The molecule has 0 fully saturated rings. The molecule has 0 heterocycles. The van der Waals surface area contributed by atoms with Crippen LogP contribution in [0.4, 0.5) is 0 Å². The number of hydrogen-bond donors (Lipinski definition) is 0. The molecule has 0 atom stereocenters. The van der Waals surface area contributed by atoms with E-state index in [1.165, 1.54) is 0 Å². The van der Waals surface area contributed by atoms with E-state index in [0.717, 1.165) is 0 Å². The van der Waals surface area contributed by atoms with E-state index in [1.807, 2.05) is 0 Å². The van der Waals surface area contributed by atoms with Crippen LogP contribution < -0.4 is 0 Å². The van der Waals surface area contributed by atoms with Gasteiger partial charge in [-0.2, -0.15) is 0 Å². The van der Waals surface area contributed by atoms with Crippen molar-refractivity contribution in [3.8, 4) is 0 Å². The van der Waals surface area contributed by atoms with Gasteiger partial charge in [0, 0.05) is 0 Å². The molecule has 5 heteroatoms. The van der Waals surface area contributed by atoms with Crippen LogP contribution >= 0.6 is 0 Å². The number of nitrogens with one attached hydrogen (secondary N) is 2. The third kappa shape index (κ3) is 52.8. The van der Waals surface area contributed by atoms with E-state index in [-0.39, 0.29) is 17.1 Å². The second-order valence-corrected chi connectivity index (χ2v) is 0. The van der Waals surface area contributed by atoms with Crippen molar-refractivity contribution >= 4 is 20.8 Å². The van der Waals surface area contributed by atoms with E-state index in [4.69, 9.17) is 10.8 Å². The molecule has 0 aliphatic carbocycles. The summed E-state index contributed by atoms with van der Waals surface area (Å²) < 4.78 is 0. The van der Waals surface area contributed by atoms with E-state index in [1.54, 1.807) is 0 Å². The van der Waals surface area contributed by atoms with Crippen LogP contribution in [-0.4, -0.2) is 20.8 Å². The Morgan fingerprint density at radius 1 is 0.800 bits per heavy atom. The summed E-state index contributed by atoms with van der Waals surface area (Å²) in [6, 6.07) is 0. The van der Waals surface area contributed by atoms with Gasteiger partial charge < -0.3 is 10.8 Å². The summed E-state index contributed by atoms with van der Waals surface area (Å²) in [5.74, 6) is 0. The first kappa shape index (κ1) is 16.9. The monoisotopic (exact) mass is 147 g/mol. The van der Waals surface area contributed by atoms with Crippen molar-refractivity contribution in [1.82, 2.24) is 0 Å². The zero-order valence-corrected chi connectivity index (χ0v) is 8.56. The van der Waals surface area contributed by atoms with Crippen LogP contribution in [0.2, 0.25) is 0 Å². The van der Waals surface area contributed by atoms with Crippen LogP contribution in [0.5, 0.6) is 0 Å². The Balaban J connectivity index is -0.0000000133. The third-order valence-electron chi connectivity index (χ3n) is 0. The predicted molar refractivity (Wildman–Crippen MR) is 28.5 cm³/mol. The van der Waals surface area contributed by atoms with Gasteiger partial charge in [0.05, 0.1) is 0 Å². The predicted octanol–water partition coefficient (Wildman–Crippen LogP) is -1.36. The van der Waals surface area contributed by atoms with E-state index >= 15 is 0 Å². The van der Waals surface area contributed by atoms with Gasteiger partial charge in [-0.05, 0) is 0 Å². The molecule has 0 aliphatic heterocycles. The van der Waals surface area contributed by atoms with Gasteiger partial charge in [0.2, 0.25) is 0 Å². The third-order valence-corrected chi connectivity index (χ3v) is 0. The minimum atomic E-state index is 0. The minimum absolute atomic E-state index is 0. The fourth-order valence-corrected chi connectivity index (χ4v) is 0. The fraction of sp³-hybridized carbons (Fsp3) is 0. The van der Waals surface area contributed by atoms with Gasteiger partial charge in [-0.3, -0.25) is 0 Å². The van der Waals surface area contributed by atoms with Crippen LogP contribution in [0.15, 0.2) is 0 Å². The van der Waals surface area contributed by atoms with Crippen LogP contribution in [0.25, 0.3) is 10.8 Å². The van der Waals surface area contributed by atoms with Crippen molar-refractivity contribution in [3.05, 3.63) is 10.8 Å². The second-order valence-electron chi connectivity index (χ2n) is 0. The van der Waals surface area contributed by atoms with Crippen molar-refractivity contribution in [3.63, 3.8) is 0 Å². The Hall–Kier alpha value is 0.873. The summed E-state index contributed by atoms with van der Waals surface area (Å²) in [6.45, 7) is 0. The summed E-state index contributed by atoms with van der Waals surface area (Å²) in [4.78, 5) is 0. The maximum Gasteiger partial charge on any atom is 2.00 e.